The number of nitrogens with zero attached hydrogens (tertiary/aromatic N) is 3. The van der Waals surface area contributed by atoms with E-state index in [0.717, 1.165) is 28.1 Å². The van der Waals surface area contributed by atoms with Gasteiger partial charge in [0.1, 0.15) is 0 Å². The predicted octanol–water partition coefficient (Wildman–Crippen LogP) is 2.93. The molecule has 1 aliphatic rings. The second-order valence-corrected chi connectivity index (χ2v) is 6.09. The van der Waals surface area contributed by atoms with Crippen LogP contribution in [0.3, 0.4) is 0 Å². The highest BCUT2D eigenvalue weighted by Gasteiger charge is 2.16. The van der Waals surface area contributed by atoms with Gasteiger partial charge in [0.2, 0.25) is 5.13 Å². The maximum absolute atomic E-state index is 4.15. The first-order valence-electron chi connectivity index (χ1n) is 4.99. The number of hydrogen-bond acceptors (Lipinski definition) is 4. The molecule has 5 heteroatoms. The molecular formula is C9H14BrN3S. The van der Waals surface area contributed by atoms with Crippen LogP contribution in [0.4, 0.5) is 5.13 Å². The topological polar surface area (TPSA) is 29.0 Å². The van der Waals surface area contributed by atoms with Crippen LogP contribution in [0.1, 0.15) is 26.2 Å². The lowest BCUT2D eigenvalue weighted by atomic mass is 10.0. The number of halogens is 1. The van der Waals surface area contributed by atoms with Gasteiger partial charge in [0.25, 0.3) is 0 Å². The van der Waals surface area contributed by atoms with Gasteiger partial charge in [-0.05, 0) is 41.1 Å². The van der Waals surface area contributed by atoms with E-state index in [4.69, 9.17) is 0 Å². The number of aromatic nitrogens is 2. The lowest BCUT2D eigenvalue weighted by Gasteiger charge is -2.17. The molecule has 1 unspecified atom stereocenters. The van der Waals surface area contributed by atoms with Gasteiger partial charge in [0, 0.05) is 13.1 Å². The smallest absolute Gasteiger partial charge is 0.209 e. The van der Waals surface area contributed by atoms with Gasteiger partial charge in [-0.25, -0.2) is 0 Å². The zero-order chi connectivity index (χ0) is 9.97. The van der Waals surface area contributed by atoms with Crippen LogP contribution in [0.5, 0.6) is 0 Å². The maximum atomic E-state index is 4.15. The van der Waals surface area contributed by atoms with Crippen molar-refractivity contribution in [3.8, 4) is 0 Å². The Morgan fingerprint density at radius 3 is 2.93 bits per heavy atom. The number of rotatable bonds is 1. The monoisotopic (exact) mass is 275 g/mol. The summed E-state index contributed by atoms with van der Waals surface area (Å²) < 4.78 is 0.879. The molecule has 1 aromatic heterocycles. The van der Waals surface area contributed by atoms with Crippen molar-refractivity contribution < 1.29 is 0 Å². The Morgan fingerprint density at radius 1 is 1.36 bits per heavy atom. The van der Waals surface area contributed by atoms with Crippen molar-refractivity contribution in [2.75, 3.05) is 18.0 Å². The standard InChI is InChI=1S/C9H14BrN3S/c1-7-3-2-5-13(6-4-7)9-12-11-8(10)14-9/h7H,2-6H2,1H3. The molecular weight excluding hydrogens is 262 g/mol. The van der Waals surface area contributed by atoms with Crippen molar-refractivity contribution >= 4 is 32.4 Å². The Bertz CT molecular complexity index is 302. The average Bonchev–Trinajstić information content (AvgIpc) is 2.46. The van der Waals surface area contributed by atoms with E-state index in [-0.39, 0.29) is 0 Å². The molecule has 78 valence electrons. The van der Waals surface area contributed by atoms with Crippen molar-refractivity contribution in [3.63, 3.8) is 0 Å². The van der Waals surface area contributed by atoms with Gasteiger partial charge in [0.15, 0.2) is 3.92 Å². The van der Waals surface area contributed by atoms with Crippen LogP contribution in [0, 0.1) is 5.92 Å². The first-order chi connectivity index (χ1) is 6.75. The normalized spacial score (nSPS) is 23.6. The SMILES string of the molecule is CC1CCCN(c2nnc(Br)s2)CC1. The van der Waals surface area contributed by atoms with Gasteiger partial charge in [-0.15, -0.1) is 10.2 Å². The summed E-state index contributed by atoms with van der Waals surface area (Å²) in [7, 11) is 0. The minimum absolute atomic E-state index is 0.858. The summed E-state index contributed by atoms with van der Waals surface area (Å²) in [5, 5.41) is 9.20. The van der Waals surface area contributed by atoms with Crippen LogP contribution in [0.25, 0.3) is 0 Å². The van der Waals surface area contributed by atoms with E-state index in [1.54, 1.807) is 11.3 Å². The second-order valence-electron chi connectivity index (χ2n) is 3.86. The summed E-state index contributed by atoms with van der Waals surface area (Å²) in [6.07, 6.45) is 3.89. The van der Waals surface area contributed by atoms with E-state index < -0.39 is 0 Å². The summed E-state index contributed by atoms with van der Waals surface area (Å²) in [5.74, 6) is 0.858. The molecule has 2 heterocycles. The maximum Gasteiger partial charge on any atom is 0.209 e. The lowest BCUT2D eigenvalue weighted by molar-refractivity contribution is 0.521. The van der Waals surface area contributed by atoms with Gasteiger partial charge in [-0.1, -0.05) is 18.3 Å². The molecule has 0 spiro atoms. The zero-order valence-electron chi connectivity index (χ0n) is 8.24. The van der Waals surface area contributed by atoms with Crippen LogP contribution >= 0.6 is 27.3 Å². The predicted molar refractivity (Wildman–Crippen MR) is 62.8 cm³/mol. The molecule has 0 radical (unpaired) electrons. The zero-order valence-corrected chi connectivity index (χ0v) is 10.6. The van der Waals surface area contributed by atoms with E-state index in [9.17, 15) is 0 Å². The molecule has 0 aromatic carbocycles. The minimum atomic E-state index is 0.858. The van der Waals surface area contributed by atoms with E-state index >= 15 is 0 Å². The van der Waals surface area contributed by atoms with Crippen LogP contribution < -0.4 is 4.90 Å². The summed E-state index contributed by atoms with van der Waals surface area (Å²) in [5.41, 5.74) is 0. The van der Waals surface area contributed by atoms with Gasteiger partial charge in [-0.2, -0.15) is 0 Å². The molecule has 1 fully saturated rings. The fourth-order valence-electron chi connectivity index (χ4n) is 1.78. The summed E-state index contributed by atoms with van der Waals surface area (Å²) >= 11 is 4.97. The third-order valence-electron chi connectivity index (χ3n) is 2.68. The van der Waals surface area contributed by atoms with Crippen LogP contribution in [-0.2, 0) is 0 Å². The molecule has 0 N–H and O–H groups in total. The van der Waals surface area contributed by atoms with Crippen molar-refractivity contribution in [1.82, 2.24) is 10.2 Å². The summed E-state index contributed by atoms with van der Waals surface area (Å²) in [6.45, 7) is 4.59. The molecule has 1 saturated heterocycles. The quantitative estimate of drug-likeness (QED) is 0.789. The van der Waals surface area contributed by atoms with E-state index in [1.165, 1.54) is 19.3 Å². The third-order valence-corrected chi connectivity index (χ3v) is 4.09. The Balaban J connectivity index is 2.04. The first-order valence-corrected chi connectivity index (χ1v) is 6.60. The Labute approximate surface area is 96.7 Å². The third kappa shape index (κ3) is 2.45. The van der Waals surface area contributed by atoms with Crippen LogP contribution in [0.15, 0.2) is 3.92 Å². The highest BCUT2D eigenvalue weighted by atomic mass is 79.9. The molecule has 0 bridgehead atoms. The van der Waals surface area contributed by atoms with Crippen molar-refractivity contribution in [2.45, 2.75) is 26.2 Å². The number of hydrogen-bond donors (Lipinski definition) is 0. The van der Waals surface area contributed by atoms with E-state index in [1.807, 2.05) is 0 Å². The van der Waals surface area contributed by atoms with Gasteiger partial charge < -0.3 is 4.90 Å². The first kappa shape index (κ1) is 10.4. The van der Waals surface area contributed by atoms with Crippen molar-refractivity contribution in [1.29, 1.82) is 0 Å². The molecule has 1 aromatic rings. The fraction of sp³-hybridized carbons (Fsp3) is 0.778. The Kier molecular flexibility index (Phi) is 3.38. The molecule has 2 rings (SSSR count). The van der Waals surface area contributed by atoms with Crippen LogP contribution in [-0.4, -0.2) is 23.3 Å². The summed E-state index contributed by atoms with van der Waals surface area (Å²) in [4.78, 5) is 2.35. The second kappa shape index (κ2) is 4.57. The van der Waals surface area contributed by atoms with Gasteiger partial charge >= 0.3 is 0 Å². The molecule has 14 heavy (non-hydrogen) atoms. The largest absolute Gasteiger partial charge is 0.347 e. The molecule has 0 aliphatic carbocycles. The fourth-order valence-corrected chi connectivity index (χ4v) is 2.92. The average molecular weight is 276 g/mol. The highest BCUT2D eigenvalue weighted by Crippen LogP contribution is 2.27. The molecule has 1 aliphatic heterocycles. The van der Waals surface area contributed by atoms with Crippen molar-refractivity contribution in [2.24, 2.45) is 5.92 Å². The van der Waals surface area contributed by atoms with E-state index in [0.29, 0.717) is 0 Å². The molecule has 0 amide bonds. The Morgan fingerprint density at radius 2 is 2.21 bits per heavy atom. The van der Waals surface area contributed by atoms with Crippen molar-refractivity contribution in [3.05, 3.63) is 3.92 Å². The lowest BCUT2D eigenvalue weighted by Crippen LogP contribution is -2.23. The molecule has 1 atom stereocenters. The van der Waals surface area contributed by atoms with Crippen LogP contribution in [0.2, 0.25) is 0 Å². The van der Waals surface area contributed by atoms with E-state index in [2.05, 4.69) is 38.0 Å². The van der Waals surface area contributed by atoms with Gasteiger partial charge in [-0.3, -0.25) is 0 Å². The van der Waals surface area contributed by atoms with Gasteiger partial charge in [0.05, 0.1) is 0 Å². The Hall–Kier alpha value is -0.160. The number of anilines is 1. The molecule has 3 nitrogen and oxygen atoms in total. The highest BCUT2D eigenvalue weighted by molar-refractivity contribution is 9.11. The minimum Gasteiger partial charge on any atom is -0.347 e. The summed E-state index contributed by atoms with van der Waals surface area (Å²) in [6, 6.07) is 0. The molecule has 0 saturated carbocycles.